The van der Waals surface area contributed by atoms with E-state index >= 15 is 0 Å². The summed E-state index contributed by atoms with van der Waals surface area (Å²) in [5, 5.41) is 2.22. The van der Waals surface area contributed by atoms with Gasteiger partial charge in [0.1, 0.15) is 5.75 Å². The fraction of sp³-hybridized carbons (Fsp3) is 0.261. The van der Waals surface area contributed by atoms with Gasteiger partial charge in [0.15, 0.2) is 6.61 Å². The van der Waals surface area contributed by atoms with Crippen molar-refractivity contribution in [1.29, 1.82) is 0 Å². The number of nitrogens with zero attached hydrogens (tertiary/aromatic N) is 2. The van der Waals surface area contributed by atoms with Gasteiger partial charge in [-0.3, -0.25) is 4.79 Å². The van der Waals surface area contributed by atoms with Crippen molar-refractivity contribution in [3.8, 4) is 5.75 Å². The van der Waals surface area contributed by atoms with Crippen LogP contribution in [0.4, 0.5) is 5.69 Å². The number of hydrogen-bond acceptors (Lipinski definition) is 3. The number of rotatable bonds is 4. The van der Waals surface area contributed by atoms with Gasteiger partial charge in [0.25, 0.3) is 5.91 Å². The molecule has 0 saturated carbocycles. The van der Waals surface area contributed by atoms with Crippen molar-refractivity contribution in [2.45, 2.75) is 6.92 Å². The van der Waals surface area contributed by atoms with Crippen LogP contribution in [0.1, 0.15) is 5.56 Å². The number of carbonyl (C=O) groups is 1. The molecule has 4 rings (SSSR count). The number of benzene rings is 3. The zero-order chi connectivity index (χ0) is 19.5. The Hall–Kier alpha value is -2.53. The van der Waals surface area contributed by atoms with Gasteiger partial charge in [-0.2, -0.15) is 0 Å². The Balaban J connectivity index is 1.34. The van der Waals surface area contributed by atoms with E-state index in [-0.39, 0.29) is 12.5 Å². The highest BCUT2D eigenvalue weighted by atomic mass is 79.9. The standard InChI is InChI=1S/C23H23BrN2O2/c1-17-5-4-7-19(15-17)25-11-13-26(14-12-25)22(27)16-28-21-10-9-18-6-2-3-8-20(18)23(21)24/h2-10,15H,11-14,16H2,1H3. The molecular weight excluding hydrogens is 416 g/mol. The first kappa shape index (κ1) is 18.8. The summed E-state index contributed by atoms with van der Waals surface area (Å²) in [7, 11) is 0. The van der Waals surface area contributed by atoms with Crippen LogP contribution in [0.15, 0.2) is 65.1 Å². The predicted molar refractivity (Wildman–Crippen MR) is 117 cm³/mol. The van der Waals surface area contributed by atoms with Crippen LogP contribution in [0.3, 0.4) is 0 Å². The highest BCUT2D eigenvalue weighted by molar-refractivity contribution is 9.10. The molecule has 0 spiro atoms. The van der Waals surface area contributed by atoms with E-state index in [1.165, 1.54) is 11.3 Å². The summed E-state index contributed by atoms with van der Waals surface area (Å²) in [5.41, 5.74) is 2.48. The van der Waals surface area contributed by atoms with Gasteiger partial charge in [0.2, 0.25) is 0 Å². The van der Waals surface area contributed by atoms with Gasteiger partial charge in [0.05, 0.1) is 4.47 Å². The maximum atomic E-state index is 12.6. The van der Waals surface area contributed by atoms with Gasteiger partial charge < -0.3 is 14.5 Å². The number of piperazine rings is 1. The topological polar surface area (TPSA) is 32.8 Å². The van der Waals surface area contributed by atoms with Crippen LogP contribution in [0.2, 0.25) is 0 Å². The molecule has 0 N–H and O–H groups in total. The average molecular weight is 439 g/mol. The van der Waals surface area contributed by atoms with Crippen molar-refractivity contribution >= 4 is 38.3 Å². The molecule has 0 bridgehead atoms. The Bertz CT molecular complexity index is 997. The largest absolute Gasteiger partial charge is 0.483 e. The van der Waals surface area contributed by atoms with Crippen molar-refractivity contribution in [2.75, 3.05) is 37.7 Å². The second kappa shape index (κ2) is 8.23. The van der Waals surface area contributed by atoms with Crippen LogP contribution in [0.25, 0.3) is 10.8 Å². The third-order valence-electron chi connectivity index (χ3n) is 5.18. The van der Waals surface area contributed by atoms with Crippen molar-refractivity contribution < 1.29 is 9.53 Å². The molecule has 0 atom stereocenters. The summed E-state index contributed by atoms with van der Waals surface area (Å²) in [6.07, 6.45) is 0. The molecule has 0 unspecified atom stereocenters. The molecule has 1 aliphatic rings. The fourth-order valence-electron chi connectivity index (χ4n) is 3.59. The van der Waals surface area contributed by atoms with Crippen LogP contribution >= 0.6 is 15.9 Å². The summed E-state index contributed by atoms with van der Waals surface area (Å²) in [6, 6.07) is 20.5. The quantitative estimate of drug-likeness (QED) is 0.594. The Morgan fingerprint density at radius 2 is 1.79 bits per heavy atom. The zero-order valence-electron chi connectivity index (χ0n) is 15.9. The van der Waals surface area contributed by atoms with Crippen LogP contribution in [-0.4, -0.2) is 43.6 Å². The normalized spacial score (nSPS) is 14.4. The molecule has 144 valence electrons. The van der Waals surface area contributed by atoms with Gasteiger partial charge in [0, 0.05) is 31.9 Å². The van der Waals surface area contributed by atoms with E-state index < -0.39 is 0 Å². The van der Waals surface area contributed by atoms with Crippen LogP contribution in [0, 0.1) is 6.92 Å². The fourth-order valence-corrected chi connectivity index (χ4v) is 4.20. The molecule has 5 heteroatoms. The molecule has 0 aliphatic carbocycles. The first-order chi connectivity index (χ1) is 13.6. The monoisotopic (exact) mass is 438 g/mol. The minimum atomic E-state index is 0.0314. The third kappa shape index (κ3) is 3.99. The lowest BCUT2D eigenvalue weighted by molar-refractivity contribution is -0.133. The minimum absolute atomic E-state index is 0.0314. The van der Waals surface area contributed by atoms with E-state index in [1.54, 1.807) is 0 Å². The number of aryl methyl sites for hydroxylation is 1. The summed E-state index contributed by atoms with van der Waals surface area (Å²) in [6.45, 7) is 5.28. The lowest BCUT2D eigenvalue weighted by Crippen LogP contribution is -2.50. The molecule has 0 aromatic heterocycles. The Morgan fingerprint density at radius 3 is 2.57 bits per heavy atom. The van der Waals surface area contributed by atoms with Crippen LogP contribution in [-0.2, 0) is 4.79 Å². The summed E-state index contributed by atoms with van der Waals surface area (Å²) in [4.78, 5) is 16.8. The van der Waals surface area contributed by atoms with Gasteiger partial charge in [-0.15, -0.1) is 0 Å². The molecule has 28 heavy (non-hydrogen) atoms. The molecule has 1 aliphatic heterocycles. The van der Waals surface area contributed by atoms with Gasteiger partial charge >= 0.3 is 0 Å². The van der Waals surface area contributed by atoms with Crippen LogP contribution in [0.5, 0.6) is 5.75 Å². The van der Waals surface area contributed by atoms with E-state index in [4.69, 9.17) is 4.74 Å². The summed E-state index contributed by atoms with van der Waals surface area (Å²) < 4.78 is 6.73. The van der Waals surface area contributed by atoms with E-state index in [1.807, 2.05) is 35.2 Å². The number of amides is 1. The zero-order valence-corrected chi connectivity index (χ0v) is 17.5. The van der Waals surface area contributed by atoms with Crippen molar-refractivity contribution in [3.05, 3.63) is 70.7 Å². The number of ether oxygens (including phenoxy) is 1. The number of hydrogen-bond donors (Lipinski definition) is 0. The van der Waals surface area contributed by atoms with E-state index in [0.717, 1.165) is 41.4 Å². The molecule has 1 amide bonds. The molecule has 3 aromatic rings. The van der Waals surface area contributed by atoms with E-state index in [2.05, 4.69) is 58.1 Å². The number of anilines is 1. The smallest absolute Gasteiger partial charge is 0.260 e. The minimum Gasteiger partial charge on any atom is -0.483 e. The SMILES string of the molecule is Cc1cccc(N2CCN(C(=O)COc3ccc4ccccc4c3Br)CC2)c1. The van der Waals surface area contributed by atoms with Crippen molar-refractivity contribution in [1.82, 2.24) is 4.90 Å². The first-order valence-electron chi connectivity index (χ1n) is 9.51. The molecular formula is C23H23BrN2O2. The highest BCUT2D eigenvalue weighted by Gasteiger charge is 2.22. The van der Waals surface area contributed by atoms with Gasteiger partial charge in [-0.05, 0) is 57.4 Å². The Labute approximate surface area is 173 Å². The van der Waals surface area contributed by atoms with E-state index in [9.17, 15) is 4.79 Å². The maximum Gasteiger partial charge on any atom is 0.260 e. The Morgan fingerprint density at radius 1 is 1.00 bits per heavy atom. The summed E-state index contributed by atoms with van der Waals surface area (Å²) in [5.74, 6) is 0.731. The lowest BCUT2D eigenvalue weighted by Gasteiger charge is -2.36. The summed E-state index contributed by atoms with van der Waals surface area (Å²) >= 11 is 3.61. The Kier molecular flexibility index (Phi) is 5.53. The van der Waals surface area contributed by atoms with Crippen LogP contribution < -0.4 is 9.64 Å². The lowest BCUT2D eigenvalue weighted by atomic mass is 10.1. The van der Waals surface area contributed by atoms with Gasteiger partial charge in [-0.25, -0.2) is 0 Å². The molecule has 0 radical (unpaired) electrons. The molecule has 1 fully saturated rings. The average Bonchev–Trinajstić information content (AvgIpc) is 2.73. The molecule has 3 aromatic carbocycles. The van der Waals surface area contributed by atoms with Crippen molar-refractivity contribution in [3.63, 3.8) is 0 Å². The molecule has 1 saturated heterocycles. The second-order valence-electron chi connectivity index (χ2n) is 7.09. The second-order valence-corrected chi connectivity index (χ2v) is 7.89. The highest BCUT2D eigenvalue weighted by Crippen LogP contribution is 2.33. The molecule has 1 heterocycles. The van der Waals surface area contributed by atoms with Crippen molar-refractivity contribution in [2.24, 2.45) is 0 Å². The third-order valence-corrected chi connectivity index (χ3v) is 6.00. The predicted octanol–water partition coefficient (Wildman–Crippen LogP) is 4.64. The van der Waals surface area contributed by atoms with E-state index in [0.29, 0.717) is 5.75 Å². The van der Waals surface area contributed by atoms with Gasteiger partial charge in [-0.1, -0.05) is 42.5 Å². The number of halogens is 1. The molecule has 4 nitrogen and oxygen atoms in total. The maximum absolute atomic E-state index is 12.6. The first-order valence-corrected chi connectivity index (χ1v) is 10.3. The number of carbonyl (C=O) groups excluding carboxylic acids is 1. The number of fused-ring (bicyclic) bond motifs is 1.